The average Bonchev–Trinajstić information content (AvgIpc) is 3.23. The molecule has 1 aromatic heterocycles. The molecule has 1 fully saturated rings. The van der Waals surface area contributed by atoms with Crippen LogP contribution in [-0.2, 0) is 10.9 Å². The summed E-state index contributed by atoms with van der Waals surface area (Å²) < 4.78 is 45.3. The molecule has 9 heteroatoms. The summed E-state index contributed by atoms with van der Waals surface area (Å²) in [4.78, 5) is 12.0. The Hall–Kier alpha value is -2.42. The first kappa shape index (κ1) is 16.4. The zero-order valence-corrected chi connectivity index (χ0v) is 12.6. The fraction of sp³-hybridized carbons (Fsp3) is 0.400. The maximum Gasteiger partial charge on any atom is 0.418 e. The lowest BCUT2D eigenvalue weighted by Gasteiger charge is -2.11. The number of ether oxygens (including phenoxy) is 1. The third kappa shape index (κ3) is 3.56. The van der Waals surface area contributed by atoms with E-state index in [0.717, 1.165) is 17.2 Å². The zero-order chi connectivity index (χ0) is 17.2. The molecule has 0 spiro atoms. The van der Waals surface area contributed by atoms with E-state index in [2.05, 4.69) is 15.6 Å². The Morgan fingerprint density at radius 3 is 2.88 bits per heavy atom. The smallest absolute Gasteiger partial charge is 0.381 e. The molecule has 0 unspecified atom stereocenters. The normalized spacial score (nSPS) is 17.9. The van der Waals surface area contributed by atoms with Gasteiger partial charge >= 0.3 is 6.18 Å². The van der Waals surface area contributed by atoms with Gasteiger partial charge in [-0.1, -0.05) is 17.3 Å². The Balaban J connectivity index is 1.75. The summed E-state index contributed by atoms with van der Waals surface area (Å²) in [5.74, 6) is -0.229. The Labute approximate surface area is 135 Å². The summed E-state index contributed by atoms with van der Waals surface area (Å²) in [6.07, 6.45) is -2.47. The number of benzene rings is 1. The van der Waals surface area contributed by atoms with Crippen molar-refractivity contribution in [3.05, 3.63) is 41.7 Å². The van der Waals surface area contributed by atoms with E-state index in [-0.39, 0.29) is 17.3 Å². The first-order valence-corrected chi connectivity index (χ1v) is 7.40. The standard InChI is InChI=1S/C15H15F3N4O2/c16-15(17,18)11-3-1-2-4-13(11)22-8-12(20-21-22)14(23)19-7-10-5-6-24-9-10/h1-4,8,10H,5-7,9H2,(H,19,23)/t10-/m1/s1. The van der Waals surface area contributed by atoms with Crippen LogP contribution in [0.4, 0.5) is 13.2 Å². The minimum Gasteiger partial charge on any atom is -0.381 e. The van der Waals surface area contributed by atoms with Gasteiger partial charge in [-0.25, -0.2) is 4.68 Å². The summed E-state index contributed by atoms with van der Waals surface area (Å²) in [5.41, 5.74) is -1.06. The van der Waals surface area contributed by atoms with E-state index < -0.39 is 17.6 Å². The average molecular weight is 340 g/mol. The Morgan fingerprint density at radius 1 is 1.38 bits per heavy atom. The van der Waals surface area contributed by atoms with Crippen LogP contribution in [-0.4, -0.2) is 40.7 Å². The molecule has 1 saturated heterocycles. The molecule has 1 atom stereocenters. The lowest BCUT2D eigenvalue weighted by atomic mass is 10.1. The van der Waals surface area contributed by atoms with Crippen LogP contribution >= 0.6 is 0 Å². The lowest BCUT2D eigenvalue weighted by molar-refractivity contribution is -0.137. The quantitative estimate of drug-likeness (QED) is 0.925. The topological polar surface area (TPSA) is 69.0 Å². The summed E-state index contributed by atoms with van der Waals surface area (Å²) in [6, 6.07) is 4.98. The lowest BCUT2D eigenvalue weighted by Crippen LogP contribution is -2.29. The minimum atomic E-state index is -4.52. The van der Waals surface area contributed by atoms with E-state index in [1.807, 2.05) is 0 Å². The second-order valence-corrected chi connectivity index (χ2v) is 5.50. The van der Waals surface area contributed by atoms with Gasteiger partial charge in [-0.05, 0) is 18.6 Å². The van der Waals surface area contributed by atoms with Gasteiger partial charge in [0.05, 0.1) is 24.1 Å². The molecule has 1 aliphatic heterocycles. The first-order valence-electron chi connectivity index (χ1n) is 7.40. The second kappa shape index (κ2) is 6.60. The molecule has 1 N–H and O–H groups in total. The number of carbonyl (C=O) groups is 1. The van der Waals surface area contributed by atoms with Crippen molar-refractivity contribution >= 4 is 5.91 Å². The first-order chi connectivity index (χ1) is 11.4. The SMILES string of the molecule is O=C(NC[C@H]1CCOC1)c1cn(-c2ccccc2C(F)(F)F)nn1. The summed E-state index contributed by atoms with van der Waals surface area (Å²) in [6.45, 7) is 1.70. The summed E-state index contributed by atoms with van der Waals surface area (Å²) >= 11 is 0. The van der Waals surface area contributed by atoms with Gasteiger partial charge in [0.25, 0.3) is 5.91 Å². The number of hydrogen-bond acceptors (Lipinski definition) is 4. The van der Waals surface area contributed by atoms with Gasteiger partial charge in [-0.15, -0.1) is 5.10 Å². The van der Waals surface area contributed by atoms with E-state index >= 15 is 0 Å². The van der Waals surface area contributed by atoms with Crippen LogP contribution in [0.15, 0.2) is 30.5 Å². The number of halogens is 3. The number of hydrogen-bond donors (Lipinski definition) is 1. The van der Waals surface area contributed by atoms with E-state index in [0.29, 0.717) is 19.8 Å². The number of rotatable bonds is 4. The highest BCUT2D eigenvalue weighted by atomic mass is 19.4. The highest BCUT2D eigenvalue weighted by Crippen LogP contribution is 2.33. The van der Waals surface area contributed by atoms with Crippen molar-refractivity contribution in [2.75, 3.05) is 19.8 Å². The maximum atomic E-state index is 13.0. The molecule has 0 radical (unpaired) electrons. The molecule has 24 heavy (non-hydrogen) atoms. The van der Waals surface area contributed by atoms with Crippen LogP contribution < -0.4 is 5.32 Å². The number of para-hydroxylation sites is 1. The maximum absolute atomic E-state index is 13.0. The van der Waals surface area contributed by atoms with Crippen molar-refractivity contribution in [2.45, 2.75) is 12.6 Å². The van der Waals surface area contributed by atoms with E-state index in [1.165, 1.54) is 24.4 Å². The third-order valence-electron chi connectivity index (χ3n) is 3.76. The van der Waals surface area contributed by atoms with Crippen molar-refractivity contribution in [1.29, 1.82) is 0 Å². The van der Waals surface area contributed by atoms with Gasteiger partial charge < -0.3 is 10.1 Å². The monoisotopic (exact) mass is 340 g/mol. The number of alkyl halides is 3. The number of nitrogens with one attached hydrogen (secondary N) is 1. The van der Waals surface area contributed by atoms with Gasteiger partial charge in [-0.3, -0.25) is 4.79 Å². The van der Waals surface area contributed by atoms with Crippen molar-refractivity contribution < 1.29 is 22.7 Å². The van der Waals surface area contributed by atoms with Gasteiger partial charge in [0.2, 0.25) is 0 Å². The van der Waals surface area contributed by atoms with Crippen LogP contribution in [0.1, 0.15) is 22.5 Å². The molecule has 0 saturated carbocycles. The largest absolute Gasteiger partial charge is 0.418 e. The fourth-order valence-electron chi connectivity index (χ4n) is 2.47. The molecule has 0 bridgehead atoms. The Bertz CT molecular complexity index is 724. The second-order valence-electron chi connectivity index (χ2n) is 5.50. The van der Waals surface area contributed by atoms with Crippen LogP contribution in [0, 0.1) is 5.92 Å². The van der Waals surface area contributed by atoms with Crippen LogP contribution in [0.3, 0.4) is 0 Å². The minimum absolute atomic E-state index is 0.0362. The van der Waals surface area contributed by atoms with Crippen molar-refractivity contribution in [3.8, 4) is 5.69 Å². The molecule has 1 aromatic carbocycles. The predicted octanol–water partition coefficient (Wildman–Crippen LogP) is 2.05. The number of nitrogens with zero attached hydrogens (tertiary/aromatic N) is 3. The summed E-state index contributed by atoms with van der Waals surface area (Å²) in [7, 11) is 0. The summed E-state index contributed by atoms with van der Waals surface area (Å²) in [5, 5.41) is 10.00. The Morgan fingerprint density at radius 2 is 2.17 bits per heavy atom. The number of carbonyl (C=O) groups excluding carboxylic acids is 1. The molecule has 2 aromatic rings. The van der Waals surface area contributed by atoms with E-state index in [1.54, 1.807) is 0 Å². The number of amides is 1. The van der Waals surface area contributed by atoms with Gasteiger partial charge in [0.15, 0.2) is 5.69 Å². The van der Waals surface area contributed by atoms with Crippen molar-refractivity contribution in [1.82, 2.24) is 20.3 Å². The van der Waals surface area contributed by atoms with Crippen molar-refractivity contribution in [3.63, 3.8) is 0 Å². The molecule has 128 valence electrons. The van der Waals surface area contributed by atoms with Crippen LogP contribution in [0.2, 0.25) is 0 Å². The van der Waals surface area contributed by atoms with Gasteiger partial charge in [-0.2, -0.15) is 13.2 Å². The molecule has 3 rings (SSSR count). The van der Waals surface area contributed by atoms with Gasteiger partial charge in [0.1, 0.15) is 0 Å². The molecule has 0 aliphatic carbocycles. The van der Waals surface area contributed by atoms with Gasteiger partial charge in [0, 0.05) is 19.1 Å². The molecular weight excluding hydrogens is 325 g/mol. The fourth-order valence-corrected chi connectivity index (χ4v) is 2.47. The van der Waals surface area contributed by atoms with Crippen LogP contribution in [0.25, 0.3) is 5.69 Å². The molecule has 6 nitrogen and oxygen atoms in total. The molecular formula is C15H15F3N4O2. The zero-order valence-electron chi connectivity index (χ0n) is 12.6. The highest BCUT2D eigenvalue weighted by molar-refractivity contribution is 5.91. The van der Waals surface area contributed by atoms with E-state index in [9.17, 15) is 18.0 Å². The molecule has 1 amide bonds. The number of aromatic nitrogens is 3. The predicted molar refractivity (Wildman–Crippen MR) is 77.6 cm³/mol. The highest BCUT2D eigenvalue weighted by Gasteiger charge is 2.34. The molecule has 2 heterocycles. The van der Waals surface area contributed by atoms with E-state index in [4.69, 9.17) is 4.74 Å². The van der Waals surface area contributed by atoms with Crippen molar-refractivity contribution in [2.24, 2.45) is 5.92 Å². The molecule has 1 aliphatic rings. The Kier molecular flexibility index (Phi) is 4.52. The van der Waals surface area contributed by atoms with Crippen LogP contribution in [0.5, 0.6) is 0 Å². The third-order valence-corrected chi connectivity index (χ3v) is 3.76.